The van der Waals surface area contributed by atoms with Gasteiger partial charge in [-0.05, 0) is 36.6 Å². The molecule has 0 spiro atoms. The number of halogens is 1. The van der Waals surface area contributed by atoms with Gasteiger partial charge >= 0.3 is 0 Å². The fraction of sp³-hybridized carbons (Fsp3) is 0.474. The van der Waals surface area contributed by atoms with Crippen LogP contribution in [0.5, 0.6) is 0 Å². The fourth-order valence-electron chi connectivity index (χ4n) is 4.83. The van der Waals surface area contributed by atoms with Crippen molar-refractivity contribution in [2.24, 2.45) is 11.3 Å². The monoisotopic (exact) mass is 755 g/mol. The molecule has 50 heavy (non-hydrogen) atoms. The smallest absolute Gasteiger partial charge is 0.244 e. The molecule has 3 rings (SSSR count). The summed E-state index contributed by atoms with van der Waals surface area (Å²) in [6.45, 7) is 14.3. The zero-order chi connectivity index (χ0) is 37.5. The molecule has 1 aliphatic carbocycles. The molecule has 1 aliphatic heterocycles. The first-order valence-corrected chi connectivity index (χ1v) is 17.7. The molecular weight excluding hydrogens is 702 g/mol. The highest BCUT2D eigenvalue weighted by Gasteiger charge is 2.31. The molecule has 0 unspecified atom stereocenters. The van der Waals surface area contributed by atoms with Gasteiger partial charge in [0.2, 0.25) is 29.5 Å². The van der Waals surface area contributed by atoms with Crippen molar-refractivity contribution in [3.05, 3.63) is 83.4 Å². The van der Waals surface area contributed by atoms with Crippen LogP contribution in [0.3, 0.4) is 0 Å². The second-order valence-corrected chi connectivity index (χ2v) is 13.9. The number of benzene rings is 1. The van der Waals surface area contributed by atoms with Gasteiger partial charge in [0.1, 0.15) is 12.3 Å². The SMILES string of the molecule is C=C/C=C(\C=C)C[C@@H]1NC(=O)CNC(=O)CC=CC(=O)N[C@H](C=O)C(C)(C)CNC(=O)CNC1=O.CC1CCCCC1.Cc1ccc(Br)cc1. The number of hydrogen-bond acceptors (Lipinski definition) is 6. The largest absolute Gasteiger partial charge is 0.354 e. The van der Waals surface area contributed by atoms with Gasteiger partial charge in [0, 0.05) is 29.3 Å². The van der Waals surface area contributed by atoms with Crippen LogP contribution < -0.4 is 26.6 Å². The Morgan fingerprint density at radius 1 is 0.900 bits per heavy atom. The minimum Gasteiger partial charge on any atom is -0.354 e. The van der Waals surface area contributed by atoms with Crippen molar-refractivity contribution in [3.8, 4) is 0 Å². The number of aldehydes is 1. The van der Waals surface area contributed by atoms with E-state index in [1.54, 1.807) is 19.9 Å². The average Bonchev–Trinajstić information content (AvgIpc) is 3.09. The van der Waals surface area contributed by atoms with E-state index in [-0.39, 0.29) is 25.9 Å². The Morgan fingerprint density at radius 3 is 2.08 bits per heavy atom. The molecule has 0 bridgehead atoms. The normalized spacial score (nSPS) is 21.2. The van der Waals surface area contributed by atoms with Crippen LogP contribution in [0.15, 0.2) is 77.8 Å². The minimum atomic E-state index is -1.05. The maximum absolute atomic E-state index is 12.7. The third kappa shape index (κ3) is 19.0. The molecule has 0 saturated heterocycles. The molecule has 1 saturated carbocycles. The number of allylic oxidation sites excluding steroid dienone is 3. The first-order valence-electron chi connectivity index (χ1n) is 16.9. The summed E-state index contributed by atoms with van der Waals surface area (Å²) in [6, 6.07) is 6.25. The predicted molar refractivity (Wildman–Crippen MR) is 201 cm³/mol. The highest BCUT2D eigenvalue weighted by atomic mass is 79.9. The van der Waals surface area contributed by atoms with Crippen molar-refractivity contribution in [1.29, 1.82) is 0 Å². The molecule has 1 heterocycles. The summed E-state index contributed by atoms with van der Waals surface area (Å²) in [4.78, 5) is 73.1. The van der Waals surface area contributed by atoms with Gasteiger partial charge in [0.25, 0.3) is 0 Å². The molecule has 1 aromatic carbocycles. The first kappa shape index (κ1) is 43.7. The molecule has 274 valence electrons. The van der Waals surface area contributed by atoms with Crippen LogP contribution in [0.4, 0.5) is 0 Å². The minimum absolute atomic E-state index is 0.0281. The van der Waals surface area contributed by atoms with E-state index in [0.717, 1.165) is 16.5 Å². The quantitative estimate of drug-likeness (QED) is 0.219. The molecule has 2 aliphatic rings. The molecule has 12 heteroatoms. The molecule has 11 nitrogen and oxygen atoms in total. The Labute approximate surface area is 305 Å². The fourth-order valence-corrected chi connectivity index (χ4v) is 5.09. The van der Waals surface area contributed by atoms with E-state index in [2.05, 4.69) is 81.7 Å². The zero-order valence-electron chi connectivity index (χ0n) is 29.8. The second-order valence-electron chi connectivity index (χ2n) is 13.0. The molecule has 0 radical (unpaired) electrons. The molecular formula is C38H54BrN5O6. The van der Waals surface area contributed by atoms with Crippen molar-refractivity contribution in [3.63, 3.8) is 0 Å². The highest BCUT2D eigenvalue weighted by Crippen LogP contribution is 2.22. The van der Waals surface area contributed by atoms with Crippen molar-refractivity contribution in [2.45, 2.75) is 84.7 Å². The lowest BCUT2D eigenvalue weighted by Gasteiger charge is -2.31. The molecule has 5 amide bonds. The Bertz CT molecular complexity index is 1340. The topological polar surface area (TPSA) is 163 Å². The van der Waals surface area contributed by atoms with Crippen LogP contribution in [0.1, 0.15) is 71.3 Å². The number of hydrogen-bond donors (Lipinski definition) is 5. The number of rotatable bonds is 5. The van der Waals surface area contributed by atoms with Gasteiger partial charge in [0.15, 0.2) is 0 Å². The number of amides is 5. The Balaban J connectivity index is 0.000000672. The number of carbonyl (C=O) groups is 6. The van der Waals surface area contributed by atoms with E-state index in [1.165, 1.54) is 55.9 Å². The van der Waals surface area contributed by atoms with Gasteiger partial charge in [-0.2, -0.15) is 0 Å². The van der Waals surface area contributed by atoms with E-state index in [0.29, 0.717) is 11.9 Å². The Hall–Kier alpha value is -4.32. The van der Waals surface area contributed by atoms with Gasteiger partial charge < -0.3 is 31.4 Å². The number of carbonyl (C=O) groups excluding carboxylic acids is 6. The van der Waals surface area contributed by atoms with Crippen molar-refractivity contribution in [2.75, 3.05) is 19.6 Å². The van der Waals surface area contributed by atoms with E-state index in [4.69, 9.17) is 0 Å². The Morgan fingerprint density at radius 2 is 1.54 bits per heavy atom. The number of aryl methyl sites for hydroxylation is 1. The molecule has 0 aromatic heterocycles. The van der Waals surface area contributed by atoms with E-state index in [1.807, 2.05) is 12.1 Å². The predicted octanol–water partition coefficient (Wildman–Crippen LogP) is 4.52. The van der Waals surface area contributed by atoms with Crippen LogP contribution in [0.2, 0.25) is 0 Å². The lowest BCUT2D eigenvalue weighted by atomic mass is 9.85. The summed E-state index contributed by atoms with van der Waals surface area (Å²) >= 11 is 3.35. The second kappa shape index (κ2) is 23.9. The van der Waals surface area contributed by atoms with Crippen LogP contribution in [0, 0.1) is 18.3 Å². The zero-order valence-corrected chi connectivity index (χ0v) is 31.4. The molecule has 1 fully saturated rings. The summed E-state index contributed by atoms with van der Waals surface area (Å²) < 4.78 is 1.14. The molecule has 5 N–H and O–H groups in total. The summed E-state index contributed by atoms with van der Waals surface area (Å²) in [6.07, 6.45) is 14.9. The lowest BCUT2D eigenvalue weighted by Crippen LogP contribution is -2.53. The highest BCUT2D eigenvalue weighted by molar-refractivity contribution is 9.10. The van der Waals surface area contributed by atoms with Crippen molar-refractivity contribution < 1.29 is 28.8 Å². The maximum atomic E-state index is 12.7. The molecule has 1 aromatic rings. The van der Waals surface area contributed by atoms with Gasteiger partial charge in [-0.15, -0.1) is 0 Å². The number of nitrogens with one attached hydrogen (secondary N) is 5. The van der Waals surface area contributed by atoms with Crippen molar-refractivity contribution in [1.82, 2.24) is 26.6 Å². The van der Waals surface area contributed by atoms with Crippen molar-refractivity contribution >= 4 is 51.8 Å². The van der Waals surface area contributed by atoms with Gasteiger partial charge in [-0.25, -0.2) is 0 Å². The van der Waals surface area contributed by atoms with Crippen LogP contribution in [-0.2, 0) is 28.8 Å². The maximum Gasteiger partial charge on any atom is 0.244 e. The summed E-state index contributed by atoms with van der Waals surface area (Å²) in [5.74, 6) is -1.85. The Kier molecular flexibility index (Phi) is 20.9. The van der Waals surface area contributed by atoms with E-state index < -0.39 is 53.6 Å². The summed E-state index contributed by atoms with van der Waals surface area (Å²) in [5.41, 5.74) is 1.07. The first-order chi connectivity index (χ1) is 23.7. The van der Waals surface area contributed by atoms with Crippen LogP contribution in [0.25, 0.3) is 0 Å². The van der Waals surface area contributed by atoms with Crippen LogP contribution in [-0.4, -0.2) is 67.5 Å². The lowest BCUT2D eigenvalue weighted by molar-refractivity contribution is -0.130. The summed E-state index contributed by atoms with van der Waals surface area (Å²) in [7, 11) is 0. The van der Waals surface area contributed by atoms with E-state index >= 15 is 0 Å². The van der Waals surface area contributed by atoms with Gasteiger partial charge in [-0.3, -0.25) is 24.0 Å². The van der Waals surface area contributed by atoms with Crippen LogP contribution >= 0.6 is 15.9 Å². The van der Waals surface area contributed by atoms with Gasteiger partial charge in [0.05, 0.1) is 19.1 Å². The third-order valence-corrected chi connectivity index (χ3v) is 8.58. The van der Waals surface area contributed by atoms with E-state index in [9.17, 15) is 28.8 Å². The molecule has 2 atom stereocenters. The standard InChI is InChI=1S/C24H33N5O6.C7H7Br.C7H14/c1-5-8-16(6-2)11-17-23(35)26-12-21(33)27-15-24(3,4)18(14-30)29-20(32)10-7-9-19(31)25-13-22(34)28-17;1-6-2-4-7(8)5-3-6;1-7-5-3-2-4-6-7/h5-8,10,14,17-18H,1-2,9,11-13,15H2,3-4H3,(H,25,31)(H,26,35)(H,27,33)(H,28,34)(H,29,32);2-5H,1H3;7H,2-6H2,1H3/b10-7?,16-8+;;/t17-,18+;;/m0../s1. The summed E-state index contributed by atoms with van der Waals surface area (Å²) in [5, 5.41) is 12.5. The van der Waals surface area contributed by atoms with Gasteiger partial charge in [-0.1, -0.05) is 124 Å². The average molecular weight is 757 g/mol. The third-order valence-electron chi connectivity index (χ3n) is 8.05.